The van der Waals surface area contributed by atoms with Crippen LogP contribution in [0.2, 0.25) is 0 Å². The lowest BCUT2D eigenvalue weighted by molar-refractivity contribution is -0.125. The monoisotopic (exact) mass is 298 g/mol. The third kappa shape index (κ3) is 5.83. The highest BCUT2D eigenvalue weighted by Crippen LogP contribution is 2.19. The third-order valence-corrected chi connectivity index (χ3v) is 3.46. The van der Waals surface area contributed by atoms with Crippen molar-refractivity contribution in [3.63, 3.8) is 0 Å². The fourth-order valence-corrected chi connectivity index (χ4v) is 1.79. The number of ether oxygens (including phenoxy) is 1. The van der Waals surface area contributed by atoms with Crippen LogP contribution >= 0.6 is 0 Å². The molecule has 0 aliphatic carbocycles. The number of likely N-dealkylation sites (tertiary alicyclic amines) is 1. The number of nitrogens with zero attached hydrogens (tertiary/aromatic N) is 1. The van der Waals surface area contributed by atoms with Crippen LogP contribution in [0, 0.1) is 11.8 Å². The average Bonchev–Trinajstić information content (AvgIpc) is 2.06. The van der Waals surface area contributed by atoms with E-state index in [0.29, 0.717) is 24.8 Å². The van der Waals surface area contributed by atoms with Gasteiger partial charge >= 0.3 is 6.09 Å². The predicted molar refractivity (Wildman–Crippen MR) is 79.0 cm³/mol. The Kier molecular flexibility index (Phi) is 5.89. The molecule has 21 heavy (non-hydrogen) atoms. The average molecular weight is 298 g/mol. The maximum absolute atomic E-state index is 11.4. The molecule has 2 rings (SSSR count). The van der Waals surface area contributed by atoms with Crippen LogP contribution in [0.4, 0.5) is 4.79 Å². The first-order chi connectivity index (χ1) is 9.60. The van der Waals surface area contributed by atoms with Crippen molar-refractivity contribution in [3.8, 4) is 0 Å². The third-order valence-electron chi connectivity index (χ3n) is 3.46. The highest BCUT2D eigenvalue weighted by Gasteiger charge is 2.35. The van der Waals surface area contributed by atoms with E-state index in [9.17, 15) is 14.4 Å². The Bertz CT molecular complexity index is 404. The molecule has 0 atom stereocenters. The summed E-state index contributed by atoms with van der Waals surface area (Å²) < 4.78 is 5.15. The first-order valence-corrected chi connectivity index (χ1v) is 7.29. The lowest BCUT2D eigenvalue weighted by atomic mass is 9.97. The lowest BCUT2D eigenvalue weighted by Gasteiger charge is -2.38. The zero-order chi connectivity index (χ0) is 16.2. The zero-order valence-electron chi connectivity index (χ0n) is 13.6. The van der Waals surface area contributed by atoms with E-state index in [0.717, 1.165) is 13.1 Å². The van der Waals surface area contributed by atoms with Gasteiger partial charge in [0.2, 0.25) is 0 Å². The summed E-state index contributed by atoms with van der Waals surface area (Å²) in [7, 11) is 0. The van der Waals surface area contributed by atoms with E-state index in [-0.39, 0.29) is 17.8 Å². The Morgan fingerprint density at radius 2 is 1.48 bits per heavy atom. The quantitative estimate of drug-likeness (QED) is 0.830. The van der Waals surface area contributed by atoms with E-state index < -0.39 is 5.60 Å². The number of carbonyl (C=O) groups is 3. The van der Waals surface area contributed by atoms with Crippen molar-refractivity contribution in [1.82, 2.24) is 10.2 Å². The van der Waals surface area contributed by atoms with Crippen molar-refractivity contribution in [1.29, 1.82) is 0 Å². The van der Waals surface area contributed by atoms with Crippen LogP contribution < -0.4 is 5.32 Å². The summed E-state index contributed by atoms with van der Waals surface area (Å²) in [4.78, 5) is 34.2. The summed E-state index contributed by atoms with van der Waals surface area (Å²) in [6, 6.07) is 0. The molecule has 6 heteroatoms. The van der Waals surface area contributed by atoms with E-state index in [1.54, 1.807) is 18.7 Å². The van der Waals surface area contributed by atoms with Crippen LogP contribution in [0.15, 0.2) is 0 Å². The molecule has 0 aromatic heterocycles. The largest absolute Gasteiger partial charge is 0.444 e. The summed E-state index contributed by atoms with van der Waals surface area (Å²) in [5.41, 5.74) is -0.460. The number of carbonyl (C=O) groups excluding carboxylic acids is 3. The van der Waals surface area contributed by atoms with E-state index in [2.05, 4.69) is 5.32 Å². The molecule has 0 unspecified atom stereocenters. The summed E-state index contributed by atoms with van der Waals surface area (Å²) in [6.45, 7) is 11.5. The first kappa shape index (κ1) is 17.6. The van der Waals surface area contributed by atoms with Gasteiger partial charge in [-0.3, -0.25) is 9.59 Å². The number of nitrogens with one attached hydrogen (secondary N) is 1. The minimum Gasteiger partial charge on any atom is -0.444 e. The van der Waals surface area contributed by atoms with Crippen molar-refractivity contribution in [2.45, 2.75) is 40.2 Å². The molecule has 6 nitrogen and oxygen atoms in total. The molecule has 0 aromatic rings. The Labute approximate surface area is 126 Å². The van der Waals surface area contributed by atoms with Gasteiger partial charge in [0.25, 0.3) is 0 Å². The molecule has 2 aliphatic rings. The maximum Gasteiger partial charge on any atom is 0.410 e. The summed E-state index contributed by atoms with van der Waals surface area (Å²) >= 11 is 0. The van der Waals surface area contributed by atoms with E-state index in [1.807, 2.05) is 20.8 Å². The van der Waals surface area contributed by atoms with Gasteiger partial charge in [-0.15, -0.1) is 0 Å². The molecule has 2 heterocycles. The molecular weight excluding hydrogens is 272 g/mol. The summed E-state index contributed by atoms with van der Waals surface area (Å²) in [5, 5.41) is 3.02. The molecule has 0 spiro atoms. The fourth-order valence-electron chi connectivity index (χ4n) is 1.79. The topological polar surface area (TPSA) is 75.7 Å². The number of rotatable bonds is 2. The smallest absolute Gasteiger partial charge is 0.410 e. The summed E-state index contributed by atoms with van der Waals surface area (Å²) in [6.07, 6.45) is -0.324. The van der Waals surface area contributed by atoms with Crippen molar-refractivity contribution in [3.05, 3.63) is 0 Å². The fraction of sp³-hybridized carbons (Fsp3) is 0.800. The van der Waals surface area contributed by atoms with Crippen LogP contribution in [0.25, 0.3) is 0 Å². The van der Waals surface area contributed by atoms with Crippen LogP contribution in [-0.4, -0.2) is 54.3 Å². The minimum absolute atomic E-state index is 0.0162. The minimum atomic E-state index is -0.460. The van der Waals surface area contributed by atoms with E-state index in [1.165, 1.54) is 0 Å². The van der Waals surface area contributed by atoms with Crippen molar-refractivity contribution in [2.24, 2.45) is 11.8 Å². The second-order valence-electron chi connectivity index (χ2n) is 6.66. The maximum atomic E-state index is 11.4. The van der Waals surface area contributed by atoms with E-state index in [4.69, 9.17) is 4.74 Å². The van der Waals surface area contributed by atoms with E-state index >= 15 is 0 Å². The Morgan fingerprint density at radius 1 is 1.00 bits per heavy atom. The lowest BCUT2D eigenvalue weighted by Crippen LogP contribution is -2.53. The molecule has 0 bridgehead atoms. The molecule has 120 valence electrons. The van der Waals surface area contributed by atoms with Gasteiger partial charge in [0.05, 0.1) is 5.92 Å². The Balaban J connectivity index is 0.000000262. The van der Waals surface area contributed by atoms with Crippen molar-refractivity contribution in [2.75, 3.05) is 26.2 Å². The molecule has 2 aliphatic heterocycles. The predicted octanol–water partition coefficient (Wildman–Crippen LogP) is 1.24. The Morgan fingerprint density at radius 3 is 1.71 bits per heavy atom. The Hall–Kier alpha value is -1.43. The molecule has 0 aromatic carbocycles. The van der Waals surface area contributed by atoms with Gasteiger partial charge in [-0.1, -0.05) is 0 Å². The number of hydrogen-bond donors (Lipinski definition) is 1. The van der Waals surface area contributed by atoms with Gasteiger partial charge < -0.3 is 15.0 Å². The number of ketones is 2. The first-order valence-electron chi connectivity index (χ1n) is 7.29. The van der Waals surface area contributed by atoms with Crippen LogP contribution in [-0.2, 0) is 14.3 Å². The molecule has 2 fully saturated rings. The van der Waals surface area contributed by atoms with Gasteiger partial charge in [0, 0.05) is 32.1 Å². The number of amides is 1. The number of Topliss-reactive ketones (excluding diaryl/α,β-unsaturated/α-hetero) is 2. The molecule has 1 N–H and O–H groups in total. The van der Waals surface area contributed by atoms with Crippen molar-refractivity contribution >= 4 is 17.7 Å². The van der Waals surface area contributed by atoms with Crippen LogP contribution in [0.5, 0.6) is 0 Å². The normalized spacial score (nSPS) is 18.8. The van der Waals surface area contributed by atoms with Gasteiger partial charge in [-0.25, -0.2) is 4.79 Å². The van der Waals surface area contributed by atoms with Gasteiger partial charge in [-0.2, -0.15) is 0 Å². The van der Waals surface area contributed by atoms with Crippen LogP contribution in [0.3, 0.4) is 0 Å². The van der Waals surface area contributed by atoms with Gasteiger partial charge in [0.1, 0.15) is 17.2 Å². The standard InChI is InChI=1S/C10H17NO3.C5H9NO/c1-7(12)8-5-11(6-8)9(13)14-10(2,3)4;1-4(7)5-2-6-3-5/h8H,5-6H2,1-4H3;5-6H,2-3H2,1H3. The summed E-state index contributed by atoms with van der Waals surface area (Å²) in [5.74, 6) is 0.811. The second-order valence-corrected chi connectivity index (χ2v) is 6.66. The van der Waals surface area contributed by atoms with Crippen molar-refractivity contribution < 1.29 is 19.1 Å². The molecule has 1 amide bonds. The SMILES string of the molecule is CC(=O)C1CN(C(=O)OC(C)(C)C)C1.CC(=O)C1CNC1. The highest BCUT2D eigenvalue weighted by molar-refractivity contribution is 5.82. The number of hydrogen-bond acceptors (Lipinski definition) is 5. The molecule has 0 saturated carbocycles. The zero-order valence-corrected chi connectivity index (χ0v) is 13.6. The molecule has 0 radical (unpaired) electrons. The second kappa shape index (κ2) is 7.02. The molecule has 2 saturated heterocycles. The highest BCUT2D eigenvalue weighted by atomic mass is 16.6. The van der Waals surface area contributed by atoms with Gasteiger partial charge in [-0.05, 0) is 34.6 Å². The van der Waals surface area contributed by atoms with Gasteiger partial charge in [0.15, 0.2) is 0 Å². The molecular formula is C15H26N2O4. The van der Waals surface area contributed by atoms with Crippen LogP contribution in [0.1, 0.15) is 34.6 Å².